The molecule has 1 aliphatic carbocycles. The minimum Gasteiger partial charge on any atom is -0.452 e. The minimum atomic E-state index is -0.576. The van der Waals surface area contributed by atoms with Crippen LogP contribution in [-0.4, -0.2) is 24.5 Å². The molecule has 4 nitrogen and oxygen atoms in total. The first-order valence-corrected chi connectivity index (χ1v) is 7.89. The number of nitrogens with one attached hydrogen (secondary N) is 1. The van der Waals surface area contributed by atoms with Gasteiger partial charge in [-0.15, -0.1) is 0 Å². The zero-order valence-corrected chi connectivity index (χ0v) is 13.5. The van der Waals surface area contributed by atoms with Gasteiger partial charge >= 0.3 is 5.97 Å². The number of rotatable bonds is 5. The van der Waals surface area contributed by atoms with Crippen LogP contribution in [-0.2, 0) is 14.3 Å². The van der Waals surface area contributed by atoms with Gasteiger partial charge in [0.15, 0.2) is 6.61 Å². The van der Waals surface area contributed by atoms with E-state index in [-0.39, 0.29) is 18.6 Å². The third kappa shape index (κ3) is 5.35. The standard InChI is InChI=1S/C16H17Cl2NO3/c17-13-7-5-11(9-14(13)18)6-8-16(21)22-10-15(20)19-12-3-1-2-4-12/h5-9,12H,1-4,10H2,(H,19,20)/b8-6+. The van der Waals surface area contributed by atoms with Crippen LogP contribution in [0.25, 0.3) is 6.08 Å². The topological polar surface area (TPSA) is 55.4 Å². The van der Waals surface area contributed by atoms with Gasteiger partial charge in [0.25, 0.3) is 5.91 Å². The molecule has 1 aliphatic rings. The Labute approximate surface area is 139 Å². The maximum atomic E-state index is 11.6. The van der Waals surface area contributed by atoms with E-state index in [2.05, 4.69) is 5.32 Å². The first-order chi connectivity index (χ1) is 10.5. The summed E-state index contributed by atoms with van der Waals surface area (Å²) in [6.45, 7) is -0.263. The molecule has 6 heteroatoms. The van der Waals surface area contributed by atoms with Crippen molar-refractivity contribution in [1.29, 1.82) is 0 Å². The highest BCUT2D eigenvalue weighted by Gasteiger charge is 2.17. The number of halogens is 2. The van der Waals surface area contributed by atoms with Gasteiger partial charge in [-0.3, -0.25) is 4.79 Å². The Morgan fingerprint density at radius 1 is 1.23 bits per heavy atom. The minimum absolute atomic E-state index is 0.220. The van der Waals surface area contributed by atoms with Crippen molar-refractivity contribution in [3.63, 3.8) is 0 Å². The van der Waals surface area contributed by atoms with Crippen LogP contribution in [0.5, 0.6) is 0 Å². The number of amides is 1. The van der Waals surface area contributed by atoms with E-state index in [1.807, 2.05) is 0 Å². The Balaban J connectivity index is 1.75. The Bertz CT molecular complexity index is 581. The predicted molar refractivity (Wildman–Crippen MR) is 86.9 cm³/mol. The number of esters is 1. The smallest absolute Gasteiger partial charge is 0.331 e. The van der Waals surface area contributed by atoms with Gasteiger partial charge in [-0.25, -0.2) is 4.79 Å². The summed E-state index contributed by atoms with van der Waals surface area (Å²) < 4.78 is 4.89. The zero-order chi connectivity index (χ0) is 15.9. The van der Waals surface area contributed by atoms with Crippen molar-refractivity contribution < 1.29 is 14.3 Å². The fourth-order valence-corrected chi connectivity index (χ4v) is 2.61. The fraction of sp³-hybridized carbons (Fsp3) is 0.375. The third-order valence-electron chi connectivity index (χ3n) is 3.42. The maximum Gasteiger partial charge on any atom is 0.331 e. The lowest BCUT2D eigenvalue weighted by molar-refractivity contribution is -0.144. The second-order valence-electron chi connectivity index (χ2n) is 5.16. The molecular weight excluding hydrogens is 325 g/mol. The van der Waals surface area contributed by atoms with Crippen molar-refractivity contribution in [1.82, 2.24) is 5.32 Å². The van der Waals surface area contributed by atoms with Crippen molar-refractivity contribution >= 4 is 41.2 Å². The maximum absolute atomic E-state index is 11.6. The fourth-order valence-electron chi connectivity index (χ4n) is 2.30. The van der Waals surface area contributed by atoms with Crippen LogP contribution < -0.4 is 5.32 Å². The highest BCUT2D eigenvalue weighted by Crippen LogP contribution is 2.23. The summed E-state index contributed by atoms with van der Waals surface area (Å²) in [5.74, 6) is -0.837. The van der Waals surface area contributed by atoms with Crippen LogP contribution in [0.3, 0.4) is 0 Å². The molecule has 0 spiro atoms. The molecule has 0 aromatic heterocycles. The van der Waals surface area contributed by atoms with Crippen molar-refractivity contribution in [3.05, 3.63) is 39.9 Å². The summed E-state index contributed by atoms with van der Waals surface area (Å²) in [4.78, 5) is 23.2. The Morgan fingerprint density at radius 2 is 1.95 bits per heavy atom. The molecule has 0 radical (unpaired) electrons. The van der Waals surface area contributed by atoms with E-state index >= 15 is 0 Å². The largest absolute Gasteiger partial charge is 0.452 e. The number of ether oxygens (including phenoxy) is 1. The average Bonchev–Trinajstić information content (AvgIpc) is 2.99. The van der Waals surface area contributed by atoms with Crippen LogP contribution in [0.2, 0.25) is 10.0 Å². The van der Waals surface area contributed by atoms with E-state index in [4.69, 9.17) is 27.9 Å². The Kier molecular flexibility index (Phi) is 6.28. The van der Waals surface area contributed by atoms with E-state index in [0.717, 1.165) is 31.2 Å². The lowest BCUT2D eigenvalue weighted by Crippen LogP contribution is -2.35. The monoisotopic (exact) mass is 341 g/mol. The van der Waals surface area contributed by atoms with Gasteiger partial charge in [0.2, 0.25) is 0 Å². The van der Waals surface area contributed by atoms with Crippen LogP contribution in [0.4, 0.5) is 0 Å². The molecule has 0 atom stereocenters. The first-order valence-electron chi connectivity index (χ1n) is 7.14. The molecule has 1 N–H and O–H groups in total. The molecule has 1 aromatic rings. The molecule has 1 aromatic carbocycles. The van der Waals surface area contributed by atoms with Gasteiger partial charge < -0.3 is 10.1 Å². The van der Waals surface area contributed by atoms with E-state index in [9.17, 15) is 9.59 Å². The van der Waals surface area contributed by atoms with Crippen molar-refractivity contribution in [2.24, 2.45) is 0 Å². The van der Waals surface area contributed by atoms with Gasteiger partial charge in [0.05, 0.1) is 10.0 Å². The molecule has 0 bridgehead atoms. The number of carbonyl (C=O) groups is 2. The summed E-state index contributed by atoms with van der Waals surface area (Å²) in [5, 5.41) is 3.71. The van der Waals surface area contributed by atoms with Crippen LogP contribution in [0.15, 0.2) is 24.3 Å². The summed E-state index contributed by atoms with van der Waals surface area (Å²) in [6, 6.07) is 5.23. The first kappa shape index (κ1) is 16.8. The van der Waals surface area contributed by atoms with E-state index in [1.165, 1.54) is 6.08 Å². The summed E-state index contributed by atoms with van der Waals surface area (Å²) >= 11 is 11.7. The highest BCUT2D eigenvalue weighted by molar-refractivity contribution is 6.42. The SMILES string of the molecule is O=C(COC(=O)/C=C/c1ccc(Cl)c(Cl)c1)NC1CCCC1. The molecule has 1 fully saturated rings. The zero-order valence-electron chi connectivity index (χ0n) is 12.0. The van der Waals surface area contributed by atoms with Crippen molar-refractivity contribution in [2.75, 3.05) is 6.61 Å². The molecule has 0 saturated heterocycles. The second kappa shape index (κ2) is 8.20. The van der Waals surface area contributed by atoms with Gasteiger partial charge in [0.1, 0.15) is 0 Å². The van der Waals surface area contributed by atoms with Crippen molar-refractivity contribution in [3.8, 4) is 0 Å². The van der Waals surface area contributed by atoms with Gasteiger partial charge in [0, 0.05) is 12.1 Å². The van der Waals surface area contributed by atoms with Crippen LogP contribution in [0, 0.1) is 0 Å². The quantitative estimate of drug-likeness (QED) is 0.657. The van der Waals surface area contributed by atoms with Gasteiger partial charge in [-0.05, 0) is 36.6 Å². The lowest BCUT2D eigenvalue weighted by Gasteiger charge is -2.11. The average molecular weight is 342 g/mol. The molecule has 1 amide bonds. The second-order valence-corrected chi connectivity index (χ2v) is 5.98. The van der Waals surface area contributed by atoms with E-state index in [1.54, 1.807) is 24.3 Å². The molecule has 118 valence electrons. The van der Waals surface area contributed by atoms with E-state index < -0.39 is 5.97 Å². The number of hydrogen-bond acceptors (Lipinski definition) is 3. The summed E-state index contributed by atoms with van der Waals surface area (Å²) in [5.41, 5.74) is 0.724. The molecule has 0 aliphatic heterocycles. The van der Waals surface area contributed by atoms with E-state index in [0.29, 0.717) is 10.0 Å². The number of hydrogen-bond donors (Lipinski definition) is 1. The summed E-state index contributed by atoms with van der Waals surface area (Å²) in [6.07, 6.45) is 7.07. The number of benzene rings is 1. The third-order valence-corrected chi connectivity index (χ3v) is 4.16. The molecule has 1 saturated carbocycles. The van der Waals surface area contributed by atoms with Gasteiger partial charge in [-0.2, -0.15) is 0 Å². The molecule has 0 unspecified atom stereocenters. The van der Waals surface area contributed by atoms with Crippen LogP contribution in [0.1, 0.15) is 31.2 Å². The summed E-state index contributed by atoms with van der Waals surface area (Å²) in [7, 11) is 0. The Hall–Kier alpha value is -1.52. The molecule has 0 heterocycles. The van der Waals surface area contributed by atoms with Crippen molar-refractivity contribution in [2.45, 2.75) is 31.7 Å². The Morgan fingerprint density at radius 3 is 2.64 bits per heavy atom. The lowest BCUT2D eigenvalue weighted by atomic mass is 10.2. The van der Waals surface area contributed by atoms with Crippen LogP contribution >= 0.6 is 23.2 Å². The highest BCUT2D eigenvalue weighted by atomic mass is 35.5. The van der Waals surface area contributed by atoms with Gasteiger partial charge in [-0.1, -0.05) is 42.1 Å². The molecular formula is C16H17Cl2NO3. The molecule has 22 heavy (non-hydrogen) atoms. The normalized spacial score (nSPS) is 15.2. The predicted octanol–water partition coefficient (Wildman–Crippen LogP) is 3.61. The molecule has 2 rings (SSSR count). The number of carbonyl (C=O) groups excluding carboxylic acids is 2.